The fourth-order valence-electron chi connectivity index (χ4n) is 3.32. The number of hydrogen-bond donors (Lipinski definition) is 1. The van der Waals surface area contributed by atoms with Gasteiger partial charge in [0.1, 0.15) is 0 Å². The van der Waals surface area contributed by atoms with Crippen LogP contribution in [0.4, 0.5) is 0 Å². The van der Waals surface area contributed by atoms with Crippen molar-refractivity contribution in [1.29, 1.82) is 0 Å². The molecule has 1 heterocycles. The molecule has 2 nitrogen and oxygen atoms in total. The standard InChI is InChI=1S/C13H25NO/c1-14-8-2-3-12(10-14)9-11-4-6-13(15)7-5-11/h11-13,15H,2-10H2,1H3. The molecule has 2 aliphatic rings. The third-order valence-corrected chi connectivity index (χ3v) is 4.21. The first-order valence-electron chi connectivity index (χ1n) is 6.60. The fourth-order valence-corrected chi connectivity index (χ4v) is 3.32. The van der Waals surface area contributed by atoms with Crippen molar-refractivity contribution in [3.8, 4) is 0 Å². The van der Waals surface area contributed by atoms with Crippen molar-refractivity contribution < 1.29 is 5.11 Å². The summed E-state index contributed by atoms with van der Waals surface area (Å²) in [7, 11) is 2.25. The third kappa shape index (κ3) is 3.46. The molecule has 88 valence electrons. The molecule has 1 unspecified atom stereocenters. The number of aliphatic hydroxyl groups is 1. The van der Waals surface area contributed by atoms with Crippen LogP contribution in [0.2, 0.25) is 0 Å². The minimum absolute atomic E-state index is 0.00952. The molecule has 0 aromatic rings. The molecule has 1 saturated carbocycles. The number of nitrogens with zero attached hydrogens (tertiary/aromatic N) is 1. The molecule has 2 rings (SSSR count). The second-order valence-corrected chi connectivity index (χ2v) is 5.68. The van der Waals surface area contributed by atoms with Crippen LogP contribution in [0.25, 0.3) is 0 Å². The highest BCUT2D eigenvalue weighted by Gasteiger charge is 2.24. The lowest BCUT2D eigenvalue weighted by molar-refractivity contribution is 0.0934. The van der Waals surface area contributed by atoms with Gasteiger partial charge in [0.15, 0.2) is 0 Å². The van der Waals surface area contributed by atoms with Crippen LogP contribution in [-0.2, 0) is 0 Å². The highest BCUT2D eigenvalue weighted by Crippen LogP contribution is 2.32. The van der Waals surface area contributed by atoms with Gasteiger partial charge in [0, 0.05) is 6.54 Å². The van der Waals surface area contributed by atoms with Crippen LogP contribution in [0.15, 0.2) is 0 Å². The van der Waals surface area contributed by atoms with Crippen LogP contribution in [0.5, 0.6) is 0 Å². The Hall–Kier alpha value is -0.0800. The molecule has 1 atom stereocenters. The number of rotatable bonds is 2. The van der Waals surface area contributed by atoms with E-state index in [-0.39, 0.29) is 6.10 Å². The van der Waals surface area contributed by atoms with Gasteiger partial charge in [-0.05, 0) is 70.4 Å². The number of hydrogen-bond acceptors (Lipinski definition) is 2. The number of likely N-dealkylation sites (tertiary alicyclic amines) is 1. The fraction of sp³-hybridized carbons (Fsp3) is 1.00. The van der Waals surface area contributed by atoms with Crippen LogP contribution in [-0.4, -0.2) is 36.2 Å². The van der Waals surface area contributed by atoms with Gasteiger partial charge in [-0.2, -0.15) is 0 Å². The predicted molar refractivity (Wildman–Crippen MR) is 62.8 cm³/mol. The lowest BCUT2D eigenvalue weighted by Gasteiger charge is -2.34. The molecule has 0 bridgehead atoms. The molecule has 1 aliphatic carbocycles. The van der Waals surface area contributed by atoms with Gasteiger partial charge in [-0.3, -0.25) is 0 Å². The van der Waals surface area contributed by atoms with Crippen molar-refractivity contribution in [1.82, 2.24) is 4.90 Å². The quantitative estimate of drug-likeness (QED) is 0.757. The largest absolute Gasteiger partial charge is 0.393 e. The van der Waals surface area contributed by atoms with Crippen LogP contribution < -0.4 is 0 Å². The summed E-state index contributed by atoms with van der Waals surface area (Å²) in [6.07, 6.45) is 8.87. The highest BCUT2D eigenvalue weighted by atomic mass is 16.3. The zero-order valence-electron chi connectivity index (χ0n) is 9.99. The van der Waals surface area contributed by atoms with Crippen LogP contribution in [0, 0.1) is 11.8 Å². The topological polar surface area (TPSA) is 23.5 Å². The van der Waals surface area contributed by atoms with E-state index in [1.54, 1.807) is 0 Å². The minimum Gasteiger partial charge on any atom is -0.393 e. The molecule has 0 spiro atoms. The second-order valence-electron chi connectivity index (χ2n) is 5.68. The molecular weight excluding hydrogens is 186 g/mol. The highest BCUT2D eigenvalue weighted by molar-refractivity contribution is 4.77. The molecular formula is C13H25NO. The number of piperidine rings is 1. The monoisotopic (exact) mass is 211 g/mol. The smallest absolute Gasteiger partial charge is 0.0540 e. The van der Waals surface area contributed by atoms with Gasteiger partial charge in [0.25, 0.3) is 0 Å². The van der Waals surface area contributed by atoms with Crippen LogP contribution in [0.3, 0.4) is 0 Å². The van der Waals surface area contributed by atoms with E-state index in [1.807, 2.05) is 0 Å². The molecule has 0 amide bonds. The van der Waals surface area contributed by atoms with Crippen molar-refractivity contribution >= 4 is 0 Å². The summed E-state index contributed by atoms with van der Waals surface area (Å²) in [5.41, 5.74) is 0. The first kappa shape index (κ1) is 11.4. The maximum absolute atomic E-state index is 9.47. The Morgan fingerprint density at radius 1 is 1.07 bits per heavy atom. The van der Waals surface area contributed by atoms with Gasteiger partial charge >= 0.3 is 0 Å². The summed E-state index contributed by atoms with van der Waals surface area (Å²) < 4.78 is 0. The van der Waals surface area contributed by atoms with Crippen molar-refractivity contribution in [2.24, 2.45) is 11.8 Å². The summed E-state index contributed by atoms with van der Waals surface area (Å²) in [5.74, 6) is 1.84. The zero-order chi connectivity index (χ0) is 10.7. The molecule has 2 heteroatoms. The van der Waals surface area contributed by atoms with Crippen LogP contribution in [0.1, 0.15) is 44.9 Å². The van der Waals surface area contributed by atoms with E-state index in [1.165, 1.54) is 45.2 Å². The van der Waals surface area contributed by atoms with Gasteiger partial charge in [-0.15, -0.1) is 0 Å². The summed E-state index contributed by atoms with van der Waals surface area (Å²) in [5, 5.41) is 9.47. The summed E-state index contributed by atoms with van der Waals surface area (Å²) in [6, 6.07) is 0. The van der Waals surface area contributed by atoms with Gasteiger partial charge in [0.05, 0.1) is 6.10 Å². The van der Waals surface area contributed by atoms with Gasteiger partial charge < -0.3 is 10.0 Å². The third-order valence-electron chi connectivity index (χ3n) is 4.21. The van der Waals surface area contributed by atoms with Crippen molar-refractivity contribution in [2.75, 3.05) is 20.1 Å². The Balaban J connectivity index is 1.71. The molecule has 1 saturated heterocycles. The van der Waals surface area contributed by atoms with Crippen molar-refractivity contribution in [2.45, 2.75) is 51.0 Å². The van der Waals surface area contributed by atoms with Gasteiger partial charge in [-0.25, -0.2) is 0 Å². The lowest BCUT2D eigenvalue weighted by Crippen LogP contribution is -2.33. The van der Waals surface area contributed by atoms with Crippen molar-refractivity contribution in [3.05, 3.63) is 0 Å². The Labute approximate surface area is 93.7 Å². The second kappa shape index (κ2) is 5.31. The van der Waals surface area contributed by atoms with E-state index in [0.29, 0.717) is 0 Å². The Morgan fingerprint density at radius 2 is 1.80 bits per heavy atom. The van der Waals surface area contributed by atoms with E-state index in [9.17, 15) is 5.11 Å². The predicted octanol–water partition coefficient (Wildman–Crippen LogP) is 2.27. The van der Waals surface area contributed by atoms with E-state index in [4.69, 9.17) is 0 Å². The average Bonchev–Trinajstić information content (AvgIpc) is 2.22. The SMILES string of the molecule is CN1CCCC(CC2CCC(O)CC2)C1. The van der Waals surface area contributed by atoms with E-state index in [2.05, 4.69) is 11.9 Å². The van der Waals surface area contributed by atoms with E-state index < -0.39 is 0 Å². The van der Waals surface area contributed by atoms with E-state index in [0.717, 1.165) is 24.7 Å². The molecule has 0 aromatic carbocycles. The normalized spacial score (nSPS) is 39.2. The molecule has 15 heavy (non-hydrogen) atoms. The summed E-state index contributed by atoms with van der Waals surface area (Å²) in [4.78, 5) is 2.48. The molecule has 0 radical (unpaired) electrons. The zero-order valence-corrected chi connectivity index (χ0v) is 9.99. The lowest BCUT2D eigenvalue weighted by atomic mass is 9.79. The minimum atomic E-state index is 0.00952. The molecule has 0 aromatic heterocycles. The summed E-state index contributed by atoms with van der Waals surface area (Å²) >= 11 is 0. The average molecular weight is 211 g/mol. The molecule has 1 aliphatic heterocycles. The number of aliphatic hydroxyl groups excluding tert-OH is 1. The van der Waals surface area contributed by atoms with Crippen LogP contribution >= 0.6 is 0 Å². The van der Waals surface area contributed by atoms with Gasteiger partial charge in [-0.1, -0.05) is 0 Å². The maximum Gasteiger partial charge on any atom is 0.0540 e. The Morgan fingerprint density at radius 3 is 2.47 bits per heavy atom. The summed E-state index contributed by atoms with van der Waals surface area (Å²) in [6.45, 7) is 2.60. The van der Waals surface area contributed by atoms with E-state index >= 15 is 0 Å². The first-order valence-corrected chi connectivity index (χ1v) is 6.60. The molecule has 1 N–H and O–H groups in total. The first-order chi connectivity index (χ1) is 7.24. The molecule has 2 fully saturated rings. The Kier molecular flexibility index (Phi) is 4.04. The van der Waals surface area contributed by atoms with Gasteiger partial charge in [0.2, 0.25) is 0 Å². The Bertz CT molecular complexity index is 187. The maximum atomic E-state index is 9.47. The van der Waals surface area contributed by atoms with Crippen molar-refractivity contribution in [3.63, 3.8) is 0 Å².